The van der Waals surface area contributed by atoms with Crippen molar-refractivity contribution in [2.45, 2.75) is 25.8 Å². The van der Waals surface area contributed by atoms with E-state index in [9.17, 15) is 4.79 Å². The molecule has 8 nitrogen and oxygen atoms in total. The molecule has 2 saturated heterocycles. The molecule has 160 valence electrons. The summed E-state index contributed by atoms with van der Waals surface area (Å²) in [7, 11) is 1.83. The van der Waals surface area contributed by atoms with Crippen LogP contribution in [0.3, 0.4) is 0 Å². The standard InChI is InChI=1S/C21H34N6O2/c1-3-22-21(27-11-8-19(17-27)26-12-14-29-15-13-26)24-16-20(28)25(2)10-7-18-6-4-5-9-23-18/h4-6,9,19H,3,7-8,10-17H2,1-2H3,(H,22,24). The molecule has 2 aliphatic heterocycles. The van der Waals surface area contributed by atoms with E-state index < -0.39 is 0 Å². The molecule has 0 saturated carbocycles. The second kappa shape index (κ2) is 11.1. The molecule has 2 aliphatic rings. The molecule has 0 aliphatic carbocycles. The van der Waals surface area contributed by atoms with Gasteiger partial charge in [0.05, 0.1) is 13.2 Å². The van der Waals surface area contributed by atoms with Crippen LogP contribution < -0.4 is 5.32 Å². The van der Waals surface area contributed by atoms with Crippen molar-refractivity contribution in [2.75, 3.05) is 66.1 Å². The van der Waals surface area contributed by atoms with Gasteiger partial charge in [0.1, 0.15) is 6.54 Å². The lowest BCUT2D eigenvalue weighted by molar-refractivity contribution is -0.128. The number of nitrogens with zero attached hydrogens (tertiary/aromatic N) is 5. The third-order valence-electron chi connectivity index (χ3n) is 5.58. The van der Waals surface area contributed by atoms with Crippen LogP contribution in [0.1, 0.15) is 19.0 Å². The first-order valence-corrected chi connectivity index (χ1v) is 10.7. The van der Waals surface area contributed by atoms with Gasteiger partial charge < -0.3 is 19.9 Å². The number of ether oxygens (including phenoxy) is 1. The number of aromatic nitrogens is 1. The van der Waals surface area contributed by atoms with Crippen molar-refractivity contribution in [1.82, 2.24) is 25.0 Å². The largest absolute Gasteiger partial charge is 0.379 e. The maximum atomic E-state index is 12.5. The van der Waals surface area contributed by atoms with E-state index in [4.69, 9.17) is 4.74 Å². The minimum atomic E-state index is 0.0280. The van der Waals surface area contributed by atoms with Crippen LogP contribution in [0.15, 0.2) is 29.4 Å². The molecule has 0 bridgehead atoms. The lowest BCUT2D eigenvalue weighted by atomic mass is 10.2. The Hall–Kier alpha value is -2.19. The zero-order valence-electron chi connectivity index (χ0n) is 17.7. The first-order chi connectivity index (χ1) is 14.2. The minimum Gasteiger partial charge on any atom is -0.379 e. The van der Waals surface area contributed by atoms with Gasteiger partial charge in [-0.15, -0.1) is 0 Å². The fraction of sp³-hybridized carbons (Fsp3) is 0.667. The lowest BCUT2D eigenvalue weighted by Crippen LogP contribution is -2.47. The molecule has 1 atom stereocenters. The van der Waals surface area contributed by atoms with Gasteiger partial charge in [-0.2, -0.15) is 0 Å². The van der Waals surface area contributed by atoms with Crippen molar-refractivity contribution in [3.63, 3.8) is 0 Å². The molecule has 0 radical (unpaired) electrons. The monoisotopic (exact) mass is 402 g/mol. The Morgan fingerprint density at radius 1 is 1.34 bits per heavy atom. The highest BCUT2D eigenvalue weighted by Gasteiger charge is 2.30. The second-order valence-electron chi connectivity index (χ2n) is 7.59. The molecule has 0 aromatic carbocycles. The number of carbonyl (C=O) groups is 1. The van der Waals surface area contributed by atoms with Crippen molar-refractivity contribution in [1.29, 1.82) is 0 Å². The van der Waals surface area contributed by atoms with E-state index in [0.717, 1.165) is 70.4 Å². The second-order valence-corrected chi connectivity index (χ2v) is 7.59. The molecule has 29 heavy (non-hydrogen) atoms. The van der Waals surface area contributed by atoms with Gasteiger partial charge in [0.2, 0.25) is 5.91 Å². The number of carbonyl (C=O) groups excluding carboxylic acids is 1. The Bertz CT molecular complexity index is 662. The Morgan fingerprint density at radius 3 is 2.90 bits per heavy atom. The Labute approximate surface area is 173 Å². The quantitative estimate of drug-likeness (QED) is 0.528. The van der Waals surface area contributed by atoms with Crippen molar-refractivity contribution < 1.29 is 9.53 Å². The SMILES string of the molecule is CCNC(=NCC(=O)N(C)CCc1ccccn1)N1CCC(N2CCOCC2)C1. The number of morpholine rings is 1. The third-order valence-corrected chi connectivity index (χ3v) is 5.58. The van der Waals surface area contributed by atoms with Crippen LogP contribution in [-0.4, -0.2) is 104 Å². The lowest BCUT2D eigenvalue weighted by Gasteiger charge is -2.32. The van der Waals surface area contributed by atoms with Gasteiger partial charge in [0, 0.05) is 70.7 Å². The number of guanidine groups is 1. The third kappa shape index (κ3) is 6.40. The molecule has 1 unspecified atom stereocenters. The Kier molecular flexibility index (Phi) is 8.25. The number of hydrogen-bond acceptors (Lipinski definition) is 5. The summed E-state index contributed by atoms with van der Waals surface area (Å²) in [6, 6.07) is 6.40. The highest BCUT2D eigenvalue weighted by molar-refractivity contribution is 5.85. The normalized spacial score (nSPS) is 20.7. The smallest absolute Gasteiger partial charge is 0.244 e. The number of likely N-dealkylation sites (tertiary alicyclic amines) is 1. The molecule has 3 rings (SSSR count). The Balaban J connectivity index is 1.49. The number of hydrogen-bond donors (Lipinski definition) is 1. The number of pyridine rings is 1. The average Bonchev–Trinajstić information content (AvgIpc) is 3.26. The van der Waals surface area contributed by atoms with Crippen LogP contribution in [0.5, 0.6) is 0 Å². The molecular weight excluding hydrogens is 368 g/mol. The zero-order chi connectivity index (χ0) is 20.5. The van der Waals surface area contributed by atoms with E-state index in [1.54, 1.807) is 11.1 Å². The first-order valence-electron chi connectivity index (χ1n) is 10.7. The predicted molar refractivity (Wildman–Crippen MR) is 114 cm³/mol. The average molecular weight is 403 g/mol. The molecule has 1 amide bonds. The van der Waals surface area contributed by atoms with Gasteiger partial charge in [-0.05, 0) is 25.5 Å². The summed E-state index contributed by atoms with van der Waals surface area (Å²) in [4.78, 5) is 28.0. The van der Waals surface area contributed by atoms with Gasteiger partial charge in [-0.25, -0.2) is 4.99 Å². The molecule has 0 spiro atoms. The summed E-state index contributed by atoms with van der Waals surface area (Å²) >= 11 is 0. The van der Waals surface area contributed by atoms with E-state index in [-0.39, 0.29) is 12.5 Å². The van der Waals surface area contributed by atoms with Crippen LogP contribution in [-0.2, 0) is 16.0 Å². The fourth-order valence-electron chi connectivity index (χ4n) is 3.82. The summed E-state index contributed by atoms with van der Waals surface area (Å²) in [6.45, 7) is 9.25. The van der Waals surface area contributed by atoms with E-state index in [2.05, 4.69) is 32.0 Å². The predicted octanol–water partition coefficient (Wildman–Crippen LogP) is 0.455. The van der Waals surface area contributed by atoms with E-state index in [1.807, 2.05) is 25.2 Å². The number of aliphatic imine (C=N–C) groups is 1. The number of rotatable bonds is 7. The van der Waals surface area contributed by atoms with E-state index in [0.29, 0.717) is 12.6 Å². The number of likely N-dealkylation sites (N-methyl/N-ethyl adjacent to an activating group) is 1. The molecule has 1 aromatic heterocycles. The van der Waals surface area contributed by atoms with E-state index >= 15 is 0 Å². The van der Waals surface area contributed by atoms with Crippen LogP contribution in [0, 0.1) is 0 Å². The van der Waals surface area contributed by atoms with Crippen LogP contribution in [0.2, 0.25) is 0 Å². The zero-order valence-corrected chi connectivity index (χ0v) is 17.7. The maximum absolute atomic E-state index is 12.5. The van der Waals surface area contributed by atoms with Crippen LogP contribution >= 0.6 is 0 Å². The topological polar surface area (TPSA) is 73.3 Å². The molecule has 2 fully saturated rings. The van der Waals surface area contributed by atoms with Gasteiger partial charge in [0.25, 0.3) is 0 Å². The summed E-state index contributed by atoms with van der Waals surface area (Å²) < 4.78 is 5.47. The maximum Gasteiger partial charge on any atom is 0.244 e. The van der Waals surface area contributed by atoms with Crippen LogP contribution in [0.25, 0.3) is 0 Å². The van der Waals surface area contributed by atoms with Crippen molar-refractivity contribution >= 4 is 11.9 Å². The number of nitrogens with one attached hydrogen (secondary N) is 1. The summed E-state index contributed by atoms with van der Waals surface area (Å²) in [5, 5.41) is 3.35. The highest BCUT2D eigenvalue weighted by atomic mass is 16.5. The fourth-order valence-corrected chi connectivity index (χ4v) is 3.82. The van der Waals surface area contributed by atoms with E-state index in [1.165, 1.54) is 0 Å². The van der Waals surface area contributed by atoms with Gasteiger partial charge in [-0.3, -0.25) is 14.7 Å². The van der Waals surface area contributed by atoms with Gasteiger partial charge in [0.15, 0.2) is 5.96 Å². The summed E-state index contributed by atoms with van der Waals surface area (Å²) in [6.07, 6.45) is 3.66. The first kappa shape index (κ1) is 21.5. The highest BCUT2D eigenvalue weighted by Crippen LogP contribution is 2.17. The van der Waals surface area contributed by atoms with Gasteiger partial charge >= 0.3 is 0 Å². The van der Waals surface area contributed by atoms with Crippen molar-refractivity contribution in [2.24, 2.45) is 4.99 Å². The molecule has 1 aromatic rings. The molecular formula is C21H34N6O2. The van der Waals surface area contributed by atoms with Gasteiger partial charge in [-0.1, -0.05) is 6.07 Å². The van der Waals surface area contributed by atoms with Crippen molar-refractivity contribution in [3.05, 3.63) is 30.1 Å². The Morgan fingerprint density at radius 2 is 2.17 bits per heavy atom. The summed E-state index contributed by atoms with van der Waals surface area (Å²) in [5.41, 5.74) is 0.996. The number of amides is 1. The van der Waals surface area contributed by atoms with Crippen LogP contribution in [0.4, 0.5) is 0 Å². The summed E-state index contributed by atoms with van der Waals surface area (Å²) in [5.74, 6) is 0.870. The molecule has 3 heterocycles. The molecule has 1 N–H and O–H groups in total. The van der Waals surface area contributed by atoms with Crippen molar-refractivity contribution in [3.8, 4) is 0 Å². The minimum absolute atomic E-state index is 0.0280. The molecule has 8 heteroatoms.